The normalized spacial score (nSPS) is 8.90. The Morgan fingerprint density at radius 3 is 2.60 bits per heavy atom. The Kier molecular flexibility index (Phi) is 1.94. The van der Waals surface area contributed by atoms with Crippen molar-refractivity contribution in [2.45, 2.75) is 0 Å². The second-order valence-corrected chi connectivity index (χ2v) is 1.62. The summed E-state index contributed by atoms with van der Waals surface area (Å²) in [6, 6.07) is 0. The zero-order valence-corrected chi connectivity index (χ0v) is 5.44. The van der Waals surface area contributed by atoms with Crippen molar-refractivity contribution in [3.05, 3.63) is 24.3 Å². The first-order valence-corrected chi connectivity index (χ1v) is 2.68. The molecule has 1 aromatic rings. The maximum Gasteiger partial charge on any atom is 0.341 e. The van der Waals surface area contributed by atoms with Gasteiger partial charge in [-0.1, -0.05) is 0 Å². The second kappa shape index (κ2) is 2.91. The molecule has 0 unspecified atom stereocenters. The molecular weight excluding hydrogens is 132 g/mol. The Hall–Kier alpha value is -1.45. The van der Waals surface area contributed by atoms with Crippen LogP contribution < -0.4 is 0 Å². The van der Waals surface area contributed by atoms with Crippen LogP contribution in [0.4, 0.5) is 0 Å². The van der Waals surface area contributed by atoms with E-state index in [2.05, 4.69) is 14.7 Å². The molecule has 0 radical (unpaired) electrons. The highest BCUT2D eigenvalue weighted by Crippen LogP contribution is 1.93. The van der Waals surface area contributed by atoms with Crippen LogP contribution in [0, 0.1) is 0 Å². The minimum atomic E-state index is -0.416. The number of hydrogen-bond acceptors (Lipinski definition) is 4. The zero-order valence-electron chi connectivity index (χ0n) is 5.44. The molecule has 0 aliphatic heterocycles. The summed E-state index contributed by atoms with van der Waals surface area (Å²) in [5.41, 5.74) is 0.366. The number of aromatic nitrogens is 2. The maximum absolute atomic E-state index is 10.7. The van der Waals surface area contributed by atoms with Crippen molar-refractivity contribution in [3.8, 4) is 0 Å². The van der Waals surface area contributed by atoms with E-state index in [1.807, 2.05) is 0 Å². The fourth-order valence-corrected chi connectivity index (χ4v) is 0.522. The molecule has 0 saturated carbocycles. The lowest BCUT2D eigenvalue weighted by molar-refractivity contribution is 0.0599. The molecule has 0 amide bonds. The van der Waals surface area contributed by atoms with Crippen LogP contribution in [0.25, 0.3) is 0 Å². The van der Waals surface area contributed by atoms with E-state index in [9.17, 15) is 4.79 Å². The van der Waals surface area contributed by atoms with Gasteiger partial charge in [0.05, 0.1) is 12.7 Å². The highest BCUT2D eigenvalue weighted by atomic mass is 16.5. The molecule has 0 bridgehead atoms. The van der Waals surface area contributed by atoms with Crippen molar-refractivity contribution in [2.75, 3.05) is 7.11 Å². The van der Waals surface area contributed by atoms with E-state index in [1.165, 1.54) is 25.8 Å². The van der Waals surface area contributed by atoms with E-state index in [1.54, 1.807) is 0 Å². The van der Waals surface area contributed by atoms with E-state index in [0.717, 1.165) is 0 Å². The number of carbonyl (C=O) groups excluding carboxylic acids is 1. The topological polar surface area (TPSA) is 52.1 Å². The molecule has 0 aromatic carbocycles. The lowest BCUT2D eigenvalue weighted by Gasteiger charge is -1.94. The van der Waals surface area contributed by atoms with Crippen molar-refractivity contribution < 1.29 is 9.53 Å². The number of hydrogen-bond donors (Lipinski definition) is 0. The second-order valence-electron chi connectivity index (χ2n) is 1.62. The summed E-state index contributed by atoms with van der Waals surface area (Å²) in [7, 11) is 1.31. The van der Waals surface area contributed by atoms with Crippen LogP contribution in [0.3, 0.4) is 0 Å². The van der Waals surface area contributed by atoms with E-state index in [4.69, 9.17) is 0 Å². The third kappa shape index (κ3) is 1.28. The molecule has 52 valence electrons. The highest BCUT2D eigenvalue weighted by Gasteiger charge is 2.02. The van der Waals surface area contributed by atoms with Gasteiger partial charge in [0.1, 0.15) is 6.33 Å². The van der Waals surface area contributed by atoms with Gasteiger partial charge in [-0.3, -0.25) is 0 Å². The molecule has 4 nitrogen and oxygen atoms in total. The molecule has 1 aromatic heterocycles. The average Bonchev–Trinajstić information content (AvgIpc) is 2.05. The number of nitrogens with zero attached hydrogens (tertiary/aromatic N) is 2. The first kappa shape index (κ1) is 6.67. The molecule has 0 N–H and O–H groups in total. The smallest absolute Gasteiger partial charge is 0.341 e. The van der Waals surface area contributed by atoms with Gasteiger partial charge >= 0.3 is 5.97 Å². The molecule has 0 fully saturated rings. The minimum absolute atomic E-state index is 0.366. The molecular formula is C6H6N2O2. The largest absolute Gasteiger partial charge is 0.465 e. The van der Waals surface area contributed by atoms with Crippen molar-refractivity contribution >= 4 is 5.97 Å². The van der Waals surface area contributed by atoms with Gasteiger partial charge < -0.3 is 4.74 Å². The Labute approximate surface area is 57.9 Å². The van der Waals surface area contributed by atoms with E-state index in [-0.39, 0.29) is 0 Å². The van der Waals surface area contributed by atoms with Crippen LogP contribution in [-0.2, 0) is 4.74 Å². The van der Waals surface area contributed by atoms with Gasteiger partial charge in [-0.25, -0.2) is 14.8 Å². The quantitative estimate of drug-likeness (QED) is 0.522. The summed E-state index contributed by atoms with van der Waals surface area (Å²) in [6.07, 6.45) is 4.16. The lowest BCUT2D eigenvalue weighted by atomic mass is 10.4. The molecule has 1 heterocycles. The Morgan fingerprint density at radius 1 is 1.50 bits per heavy atom. The minimum Gasteiger partial charge on any atom is -0.465 e. The van der Waals surface area contributed by atoms with E-state index in [0.29, 0.717) is 5.56 Å². The summed E-state index contributed by atoms with van der Waals surface area (Å²) in [5, 5.41) is 0. The van der Waals surface area contributed by atoms with Gasteiger partial charge in [-0.15, -0.1) is 0 Å². The molecule has 0 saturated heterocycles. The van der Waals surface area contributed by atoms with Gasteiger partial charge in [0.2, 0.25) is 0 Å². The number of methoxy groups -OCH3 is 1. The third-order valence-corrected chi connectivity index (χ3v) is 0.982. The van der Waals surface area contributed by atoms with Gasteiger partial charge in [0.15, 0.2) is 0 Å². The molecule has 10 heavy (non-hydrogen) atoms. The highest BCUT2D eigenvalue weighted by molar-refractivity contribution is 5.88. The molecule has 0 aliphatic carbocycles. The maximum atomic E-state index is 10.7. The molecule has 1 rings (SSSR count). The number of rotatable bonds is 1. The van der Waals surface area contributed by atoms with Crippen molar-refractivity contribution in [1.82, 2.24) is 9.97 Å². The van der Waals surface area contributed by atoms with E-state index >= 15 is 0 Å². The fraction of sp³-hybridized carbons (Fsp3) is 0.167. The molecule has 0 atom stereocenters. The summed E-state index contributed by atoms with van der Waals surface area (Å²) in [6.45, 7) is 0. The number of carbonyl (C=O) groups is 1. The van der Waals surface area contributed by atoms with Crippen LogP contribution in [0.1, 0.15) is 10.4 Å². The standard InChI is InChI=1S/C6H6N2O2/c1-10-6(9)5-2-7-4-8-3-5/h2-4H,1H3. The van der Waals surface area contributed by atoms with E-state index < -0.39 is 5.97 Å². The van der Waals surface area contributed by atoms with Gasteiger partial charge in [-0.2, -0.15) is 0 Å². The van der Waals surface area contributed by atoms with Crippen LogP contribution >= 0.6 is 0 Å². The van der Waals surface area contributed by atoms with Crippen molar-refractivity contribution in [2.24, 2.45) is 0 Å². The van der Waals surface area contributed by atoms with Gasteiger partial charge in [-0.05, 0) is 0 Å². The van der Waals surface area contributed by atoms with Gasteiger partial charge in [0, 0.05) is 12.4 Å². The van der Waals surface area contributed by atoms with Crippen molar-refractivity contribution in [1.29, 1.82) is 0 Å². The molecule has 4 heteroatoms. The first-order chi connectivity index (χ1) is 4.84. The predicted octanol–water partition coefficient (Wildman–Crippen LogP) is 0.263. The number of ether oxygens (including phenoxy) is 1. The summed E-state index contributed by atoms with van der Waals surface area (Å²) in [5.74, 6) is -0.416. The summed E-state index contributed by atoms with van der Waals surface area (Å²) in [4.78, 5) is 18.0. The Morgan fingerprint density at radius 2 is 2.10 bits per heavy atom. The summed E-state index contributed by atoms with van der Waals surface area (Å²) >= 11 is 0. The Bertz CT molecular complexity index is 222. The Balaban J connectivity index is 2.85. The van der Waals surface area contributed by atoms with Crippen LogP contribution in [0.2, 0.25) is 0 Å². The van der Waals surface area contributed by atoms with Crippen molar-refractivity contribution in [3.63, 3.8) is 0 Å². The van der Waals surface area contributed by atoms with Crippen LogP contribution in [0.15, 0.2) is 18.7 Å². The molecule has 0 aliphatic rings. The molecule has 0 spiro atoms. The van der Waals surface area contributed by atoms with Crippen LogP contribution in [-0.4, -0.2) is 23.0 Å². The lowest BCUT2D eigenvalue weighted by Crippen LogP contribution is -2.01. The van der Waals surface area contributed by atoms with Crippen LogP contribution in [0.5, 0.6) is 0 Å². The first-order valence-electron chi connectivity index (χ1n) is 2.68. The average molecular weight is 138 g/mol. The third-order valence-electron chi connectivity index (χ3n) is 0.982. The zero-order chi connectivity index (χ0) is 7.40. The summed E-state index contributed by atoms with van der Waals surface area (Å²) < 4.78 is 4.42. The SMILES string of the molecule is COC(=O)c1cncnc1. The van der Waals surface area contributed by atoms with Gasteiger partial charge in [0.25, 0.3) is 0 Å². The fourth-order valence-electron chi connectivity index (χ4n) is 0.522. The number of esters is 1. The monoisotopic (exact) mass is 138 g/mol. The predicted molar refractivity (Wildman–Crippen MR) is 33.4 cm³/mol.